The monoisotopic (exact) mass is 278 g/mol. The van der Waals surface area contributed by atoms with Crippen LogP contribution in [0.3, 0.4) is 0 Å². The van der Waals surface area contributed by atoms with Crippen molar-refractivity contribution < 1.29 is 14.6 Å². The molecule has 1 amide bonds. The Hall–Kier alpha value is -1.59. The van der Waals surface area contributed by atoms with Gasteiger partial charge in [0.1, 0.15) is 5.75 Å². The minimum Gasteiger partial charge on any atom is -0.508 e. The van der Waals surface area contributed by atoms with Crippen LogP contribution in [0, 0.1) is 6.92 Å². The molecule has 0 bridgehead atoms. The lowest BCUT2D eigenvalue weighted by Crippen LogP contribution is -2.34. The molecule has 2 rings (SSSR count). The third-order valence-electron chi connectivity index (χ3n) is 3.49. The maximum atomic E-state index is 11.9. The number of benzene rings is 1. The van der Waals surface area contributed by atoms with Gasteiger partial charge in [-0.15, -0.1) is 0 Å². The van der Waals surface area contributed by atoms with E-state index in [-0.39, 0.29) is 11.7 Å². The van der Waals surface area contributed by atoms with Crippen LogP contribution in [0.5, 0.6) is 5.75 Å². The number of aryl methyl sites for hydroxylation is 1. The van der Waals surface area contributed by atoms with Crippen molar-refractivity contribution in [1.82, 2.24) is 10.6 Å². The van der Waals surface area contributed by atoms with E-state index in [1.165, 1.54) is 6.07 Å². The Balaban J connectivity index is 1.70. The van der Waals surface area contributed by atoms with Gasteiger partial charge in [0, 0.05) is 12.1 Å². The largest absolute Gasteiger partial charge is 0.508 e. The lowest BCUT2D eigenvalue weighted by molar-refractivity contribution is 0.0343. The van der Waals surface area contributed by atoms with Crippen LogP contribution in [0.4, 0.5) is 0 Å². The zero-order valence-corrected chi connectivity index (χ0v) is 11.8. The van der Waals surface area contributed by atoms with Gasteiger partial charge in [-0.1, -0.05) is 0 Å². The fourth-order valence-electron chi connectivity index (χ4n) is 2.25. The normalized spacial score (nSPS) is 16.1. The molecule has 1 aliphatic heterocycles. The van der Waals surface area contributed by atoms with Crippen molar-refractivity contribution in [2.75, 3.05) is 26.2 Å². The third kappa shape index (κ3) is 4.21. The molecule has 0 atom stereocenters. The summed E-state index contributed by atoms with van der Waals surface area (Å²) in [6, 6.07) is 4.83. The van der Waals surface area contributed by atoms with E-state index in [2.05, 4.69) is 10.6 Å². The molecular weight excluding hydrogens is 256 g/mol. The van der Waals surface area contributed by atoms with Crippen LogP contribution in [0.1, 0.15) is 28.8 Å². The van der Waals surface area contributed by atoms with Gasteiger partial charge in [-0.2, -0.15) is 0 Å². The number of phenolic OH excluding ortho intramolecular Hbond substituents is 1. The highest BCUT2D eigenvalue weighted by Crippen LogP contribution is 2.16. The first-order chi connectivity index (χ1) is 9.66. The highest BCUT2D eigenvalue weighted by atomic mass is 16.5. The maximum absolute atomic E-state index is 11.9. The van der Waals surface area contributed by atoms with Gasteiger partial charge in [0.2, 0.25) is 0 Å². The number of ether oxygens (including phenoxy) is 1. The second-order valence-electron chi connectivity index (χ2n) is 5.08. The fourth-order valence-corrected chi connectivity index (χ4v) is 2.25. The Morgan fingerprint density at radius 3 is 2.90 bits per heavy atom. The predicted octanol–water partition coefficient (Wildman–Crippen LogP) is 1.20. The van der Waals surface area contributed by atoms with Crippen molar-refractivity contribution in [1.29, 1.82) is 0 Å². The number of phenols is 1. The van der Waals surface area contributed by atoms with E-state index >= 15 is 0 Å². The molecule has 1 heterocycles. The second-order valence-corrected chi connectivity index (χ2v) is 5.08. The predicted molar refractivity (Wildman–Crippen MR) is 77.0 cm³/mol. The van der Waals surface area contributed by atoms with Gasteiger partial charge in [0.25, 0.3) is 5.91 Å². The molecule has 0 spiro atoms. The summed E-state index contributed by atoms with van der Waals surface area (Å²) in [6.07, 6.45) is 2.38. The molecule has 0 unspecified atom stereocenters. The van der Waals surface area contributed by atoms with Crippen LogP contribution < -0.4 is 10.6 Å². The van der Waals surface area contributed by atoms with Crippen LogP contribution in [0.25, 0.3) is 0 Å². The van der Waals surface area contributed by atoms with Crippen molar-refractivity contribution in [3.63, 3.8) is 0 Å². The molecule has 1 aromatic rings. The molecule has 1 aliphatic rings. The topological polar surface area (TPSA) is 70.6 Å². The number of aromatic hydroxyl groups is 1. The highest BCUT2D eigenvalue weighted by Gasteiger charge is 2.13. The average Bonchev–Trinajstić information content (AvgIpc) is 2.47. The van der Waals surface area contributed by atoms with Crippen LogP contribution in [-0.2, 0) is 4.74 Å². The number of carbonyl (C=O) groups is 1. The van der Waals surface area contributed by atoms with E-state index < -0.39 is 0 Å². The summed E-state index contributed by atoms with van der Waals surface area (Å²) in [5, 5.41) is 15.5. The van der Waals surface area contributed by atoms with Crippen molar-refractivity contribution in [2.24, 2.45) is 0 Å². The summed E-state index contributed by atoms with van der Waals surface area (Å²) in [4.78, 5) is 11.9. The van der Waals surface area contributed by atoms with Crippen molar-refractivity contribution in [2.45, 2.75) is 25.9 Å². The minimum atomic E-state index is -0.137. The van der Waals surface area contributed by atoms with E-state index in [1.807, 2.05) is 0 Å². The number of hydrogen-bond acceptors (Lipinski definition) is 4. The van der Waals surface area contributed by atoms with E-state index in [0.717, 1.165) is 25.9 Å². The number of hydrogen-bond donors (Lipinski definition) is 3. The molecule has 20 heavy (non-hydrogen) atoms. The summed E-state index contributed by atoms with van der Waals surface area (Å²) in [6.45, 7) is 4.82. The van der Waals surface area contributed by atoms with Gasteiger partial charge < -0.3 is 20.5 Å². The van der Waals surface area contributed by atoms with Gasteiger partial charge in [0.15, 0.2) is 0 Å². The lowest BCUT2D eigenvalue weighted by Gasteiger charge is -2.22. The molecule has 0 saturated carbocycles. The van der Waals surface area contributed by atoms with Crippen LogP contribution in [0.15, 0.2) is 18.2 Å². The van der Waals surface area contributed by atoms with Gasteiger partial charge in [-0.3, -0.25) is 4.79 Å². The van der Waals surface area contributed by atoms with Gasteiger partial charge in [0.05, 0.1) is 12.7 Å². The fraction of sp³-hybridized carbons (Fsp3) is 0.533. The van der Waals surface area contributed by atoms with E-state index in [0.29, 0.717) is 30.4 Å². The Kier molecular flexibility index (Phi) is 5.38. The Morgan fingerprint density at radius 1 is 1.45 bits per heavy atom. The third-order valence-corrected chi connectivity index (χ3v) is 3.49. The SMILES string of the molecule is Cc1cc(C(=O)NCCOC2CCNCC2)ccc1O. The summed E-state index contributed by atoms with van der Waals surface area (Å²) >= 11 is 0. The van der Waals surface area contributed by atoms with E-state index in [1.54, 1.807) is 19.1 Å². The molecule has 0 radical (unpaired) electrons. The van der Waals surface area contributed by atoms with Crippen LogP contribution in [-0.4, -0.2) is 43.4 Å². The number of nitrogens with one attached hydrogen (secondary N) is 2. The highest BCUT2D eigenvalue weighted by molar-refractivity contribution is 5.94. The maximum Gasteiger partial charge on any atom is 0.251 e. The van der Waals surface area contributed by atoms with Crippen molar-refractivity contribution >= 4 is 5.91 Å². The zero-order chi connectivity index (χ0) is 14.4. The minimum absolute atomic E-state index is 0.137. The standard InChI is InChI=1S/C15H22N2O3/c1-11-10-12(2-3-14(11)18)15(19)17-8-9-20-13-4-6-16-7-5-13/h2-3,10,13,16,18H,4-9H2,1H3,(H,17,19). The molecule has 1 fully saturated rings. The number of carbonyl (C=O) groups excluding carboxylic acids is 1. The molecule has 0 aromatic heterocycles. The molecule has 1 aromatic carbocycles. The second kappa shape index (κ2) is 7.26. The van der Waals surface area contributed by atoms with E-state index in [4.69, 9.17) is 4.74 Å². The van der Waals surface area contributed by atoms with E-state index in [9.17, 15) is 9.90 Å². The molecule has 1 saturated heterocycles. The smallest absolute Gasteiger partial charge is 0.251 e. The summed E-state index contributed by atoms with van der Waals surface area (Å²) in [7, 11) is 0. The summed E-state index contributed by atoms with van der Waals surface area (Å²) in [5.74, 6) is 0.0674. The van der Waals surface area contributed by atoms with Gasteiger partial charge >= 0.3 is 0 Å². The first kappa shape index (κ1) is 14.8. The summed E-state index contributed by atoms with van der Waals surface area (Å²) < 4.78 is 5.72. The first-order valence-corrected chi connectivity index (χ1v) is 7.07. The quantitative estimate of drug-likeness (QED) is 0.708. The van der Waals surface area contributed by atoms with Gasteiger partial charge in [-0.05, 0) is 56.6 Å². The molecule has 0 aliphatic carbocycles. The molecular formula is C15H22N2O3. The molecule has 5 nitrogen and oxygen atoms in total. The number of amides is 1. The Labute approximate surface area is 119 Å². The Bertz CT molecular complexity index is 456. The number of rotatable bonds is 5. The average molecular weight is 278 g/mol. The summed E-state index contributed by atoms with van der Waals surface area (Å²) in [5.41, 5.74) is 1.26. The van der Waals surface area contributed by atoms with Gasteiger partial charge in [-0.25, -0.2) is 0 Å². The van der Waals surface area contributed by atoms with Crippen LogP contribution in [0.2, 0.25) is 0 Å². The lowest BCUT2D eigenvalue weighted by atomic mass is 10.1. The van der Waals surface area contributed by atoms with Crippen LogP contribution >= 0.6 is 0 Å². The molecule has 5 heteroatoms. The first-order valence-electron chi connectivity index (χ1n) is 7.07. The molecule has 110 valence electrons. The molecule has 3 N–H and O–H groups in total. The van der Waals surface area contributed by atoms with Crippen molar-refractivity contribution in [3.8, 4) is 5.75 Å². The number of piperidine rings is 1. The Morgan fingerprint density at radius 2 is 2.20 bits per heavy atom. The van der Waals surface area contributed by atoms with Crippen molar-refractivity contribution in [3.05, 3.63) is 29.3 Å². The zero-order valence-electron chi connectivity index (χ0n) is 11.8.